The van der Waals surface area contributed by atoms with E-state index >= 15 is 0 Å². The molecule has 0 spiro atoms. The van der Waals surface area contributed by atoms with Crippen LogP contribution in [-0.4, -0.2) is 31.0 Å². The van der Waals surface area contributed by atoms with Crippen LogP contribution in [0, 0.1) is 0 Å². The Morgan fingerprint density at radius 1 is 0.750 bits per heavy atom. The molecule has 0 aliphatic heterocycles. The zero-order chi connectivity index (χ0) is 20.9. The van der Waals surface area contributed by atoms with E-state index in [1.165, 1.54) is 38.5 Å². The summed E-state index contributed by atoms with van der Waals surface area (Å²) >= 11 is 0. The molecule has 0 saturated carbocycles. The van der Waals surface area contributed by atoms with Crippen molar-refractivity contribution in [1.82, 2.24) is 0 Å². The molecular weight excluding hydrogens is 351 g/mol. The number of esters is 1. The standard InChI is InChI=1S/C23H43BO4/c1-2-3-4-5-6-9-12-16-21(28-23(27)19-15-20-24)17-13-10-7-8-11-14-18-22(25)26/h21H,2-20H2,1H3,(H,25,26). The number of hydrogen-bond donors (Lipinski definition) is 1. The predicted octanol–water partition coefficient (Wildman–Crippen LogP) is 6.61. The highest BCUT2D eigenvalue weighted by molar-refractivity contribution is 6.08. The highest BCUT2D eigenvalue weighted by atomic mass is 16.5. The first-order chi connectivity index (χ1) is 13.6. The predicted molar refractivity (Wildman–Crippen MR) is 117 cm³/mol. The molecule has 0 aromatic rings. The molecule has 1 unspecified atom stereocenters. The lowest BCUT2D eigenvalue weighted by Crippen LogP contribution is -2.18. The van der Waals surface area contributed by atoms with E-state index in [-0.39, 0.29) is 18.5 Å². The first-order valence-electron chi connectivity index (χ1n) is 11.7. The van der Waals surface area contributed by atoms with Gasteiger partial charge in [-0.15, -0.1) is 0 Å². The Labute approximate surface area is 174 Å². The number of carbonyl (C=O) groups excluding carboxylic acids is 1. The lowest BCUT2D eigenvalue weighted by molar-refractivity contribution is -0.150. The molecule has 162 valence electrons. The van der Waals surface area contributed by atoms with Gasteiger partial charge in [-0.25, -0.2) is 0 Å². The van der Waals surface area contributed by atoms with Crippen molar-refractivity contribution in [3.63, 3.8) is 0 Å². The largest absolute Gasteiger partial charge is 0.481 e. The van der Waals surface area contributed by atoms with Crippen LogP contribution in [0.1, 0.15) is 122 Å². The Kier molecular flexibility index (Phi) is 20.0. The van der Waals surface area contributed by atoms with Crippen molar-refractivity contribution in [1.29, 1.82) is 0 Å². The molecule has 0 aliphatic rings. The topological polar surface area (TPSA) is 63.6 Å². The summed E-state index contributed by atoms with van der Waals surface area (Å²) in [4.78, 5) is 22.4. The summed E-state index contributed by atoms with van der Waals surface area (Å²) in [6.07, 6.45) is 19.0. The van der Waals surface area contributed by atoms with Crippen molar-refractivity contribution >= 4 is 19.8 Å². The van der Waals surface area contributed by atoms with Crippen molar-refractivity contribution in [2.75, 3.05) is 0 Å². The van der Waals surface area contributed by atoms with E-state index < -0.39 is 5.97 Å². The summed E-state index contributed by atoms with van der Waals surface area (Å²) in [5.41, 5.74) is 0. The minimum absolute atomic E-state index is 0.0490. The molecule has 0 fully saturated rings. The number of ether oxygens (including phenoxy) is 1. The molecule has 0 amide bonds. The molecule has 0 aromatic heterocycles. The lowest BCUT2D eigenvalue weighted by Gasteiger charge is -2.18. The van der Waals surface area contributed by atoms with E-state index in [0.29, 0.717) is 19.2 Å². The normalized spacial score (nSPS) is 12.0. The Balaban J connectivity index is 3.92. The molecule has 1 N–H and O–H groups in total. The van der Waals surface area contributed by atoms with Crippen LogP contribution in [0.3, 0.4) is 0 Å². The molecule has 0 aliphatic carbocycles. The molecule has 0 saturated heterocycles. The summed E-state index contributed by atoms with van der Waals surface area (Å²) < 4.78 is 5.71. The van der Waals surface area contributed by atoms with Gasteiger partial charge in [0.1, 0.15) is 6.10 Å². The Morgan fingerprint density at radius 2 is 1.25 bits per heavy atom. The van der Waals surface area contributed by atoms with Gasteiger partial charge < -0.3 is 9.84 Å². The highest BCUT2D eigenvalue weighted by Crippen LogP contribution is 2.18. The average molecular weight is 394 g/mol. The number of carbonyl (C=O) groups is 2. The van der Waals surface area contributed by atoms with Crippen LogP contribution < -0.4 is 0 Å². The van der Waals surface area contributed by atoms with Crippen LogP contribution in [0.5, 0.6) is 0 Å². The third-order valence-electron chi connectivity index (χ3n) is 5.18. The summed E-state index contributed by atoms with van der Waals surface area (Å²) in [6.45, 7) is 2.24. The minimum Gasteiger partial charge on any atom is -0.481 e. The molecule has 5 heteroatoms. The fourth-order valence-electron chi connectivity index (χ4n) is 3.44. The van der Waals surface area contributed by atoms with Gasteiger partial charge in [-0.3, -0.25) is 9.59 Å². The van der Waals surface area contributed by atoms with Gasteiger partial charge in [0.15, 0.2) is 0 Å². The van der Waals surface area contributed by atoms with Gasteiger partial charge in [-0.1, -0.05) is 83.9 Å². The maximum Gasteiger partial charge on any atom is 0.306 e. The number of carboxylic acids is 1. The molecule has 0 rings (SSSR count). The second-order valence-corrected chi connectivity index (χ2v) is 7.97. The Morgan fingerprint density at radius 3 is 1.75 bits per heavy atom. The Bertz CT molecular complexity index is 374. The van der Waals surface area contributed by atoms with Crippen molar-refractivity contribution in [3.05, 3.63) is 0 Å². The number of unbranched alkanes of at least 4 members (excludes halogenated alkanes) is 11. The number of hydrogen-bond acceptors (Lipinski definition) is 3. The fourth-order valence-corrected chi connectivity index (χ4v) is 3.44. The third-order valence-corrected chi connectivity index (χ3v) is 5.18. The van der Waals surface area contributed by atoms with Gasteiger partial charge in [0, 0.05) is 12.8 Å². The van der Waals surface area contributed by atoms with Crippen LogP contribution in [0.15, 0.2) is 0 Å². The van der Waals surface area contributed by atoms with E-state index in [2.05, 4.69) is 6.92 Å². The van der Waals surface area contributed by atoms with E-state index in [4.69, 9.17) is 17.7 Å². The average Bonchev–Trinajstić information content (AvgIpc) is 2.67. The number of rotatable bonds is 21. The van der Waals surface area contributed by atoms with Crippen LogP contribution in [0.25, 0.3) is 0 Å². The maximum absolute atomic E-state index is 12.0. The van der Waals surface area contributed by atoms with Gasteiger partial charge in [0.05, 0.1) is 7.85 Å². The lowest BCUT2D eigenvalue weighted by atomic mass is 10.00. The van der Waals surface area contributed by atoms with Gasteiger partial charge in [0.2, 0.25) is 0 Å². The summed E-state index contributed by atoms with van der Waals surface area (Å²) in [5.74, 6) is -0.809. The molecule has 0 heterocycles. The molecule has 1 atom stereocenters. The minimum atomic E-state index is -0.704. The Hall–Kier alpha value is -0.995. The summed E-state index contributed by atoms with van der Waals surface area (Å²) in [6, 6.07) is 0. The zero-order valence-corrected chi connectivity index (χ0v) is 18.3. The fraction of sp³-hybridized carbons (Fsp3) is 0.913. The number of carboxylic acid groups (broad SMARTS) is 1. The third kappa shape index (κ3) is 19.8. The first-order valence-corrected chi connectivity index (χ1v) is 11.7. The first kappa shape index (κ1) is 27.0. The van der Waals surface area contributed by atoms with E-state index in [1.54, 1.807) is 0 Å². The molecule has 28 heavy (non-hydrogen) atoms. The summed E-state index contributed by atoms with van der Waals surface area (Å²) in [5, 5.41) is 8.64. The van der Waals surface area contributed by atoms with Crippen molar-refractivity contribution in [3.8, 4) is 0 Å². The zero-order valence-electron chi connectivity index (χ0n) is 18.3. The van der Waals surface area contributed by atoms with E-state index in [9.17, 15) is 9.59 Å². The van der Waals surface area contributed by atoms with Crippen molar-refractivity contribution in [2.45, 2.75) is 135 Å². The van der Waals surface area contributed by atoms with Gasteiger partial charge in [0.25, 0.3) is 0 Å². The van der Waals surface area contributed by atoms with Crippen molar-refractivity contribution < 1.29 is 19.4 Å². The van der Waals surface area contributed by atoms with Crippen LogP contribution in [0.4, 0.5) is 0 Å². The van der Waals surface area contributed by atoms with Crippen molar-refractivity contribution in [2.24, 2.45) is 0 Å². The monoisotopic (exact) mass is 394 g/mol. The van der Waals surface area contributed by atoms with Gasteiger partial charge in [-0.2, -0.15) is 0 Å². The van der Waals surface area contributed by atoms with E-state index in [0.717, 1.165) is 57.8 Å². The maximum atomic E-state index is 12.0. The summed E-state index contributed by atoms with van der Waals surface area (Å²) in [7, 11) is 5.48. The molecular formula is C23H43BO4. The molecule has 0 bridgehead atoms. The van der Waals surface area contributed by atoms with Gasteiger partial charge >= 0.3 is 11.9 Å². The quantitative estimate of drug-likeness (QED) is 0.135. The second-order valence-electron chi connectivity index (χ2n) is 7.97. The highest BCUT2D eigenvalue weighted by Gasteiger charge is 2.14. The number of aliphatic carboxylic acids is 1. The molecule has 0 aromatic carbocycles. The van der Waals surface area contributed by atoms with Crippen LogP contribution in [-0.2, 0) is 14.3 Å². The SMILES string of the molecule is [B]CCCC(=O)OC(CCCCCCCCC)CCCCCCCCC(=O)O. The second kappa shape index (κ2) is 20.7. The molecule has 4 nitrogen and oxygen atoms in total. The smallest absolute Gasteiger partial charge is 0.306 e. The van der Waals surface area contributed by atoms with E-state index in [1.807, 2.05) is 0 Å². The van der Waals surface area contributed by atoms with Gasteiger partial charge in [-0.05, 0) is 32.1 Å². The molecule has 2 radical (unpaired) electrons. The van der Waals surface area contributed by atoms with Crippen LogP contribution >= 0.6 is 0 Å². The van der Waals surface area contributed by atoms with Crippen LogP contribution in [0.2, 0.25) is 6.32 Å².